The Kier molecular flexibility index (Phi) is 5.59. The zero-order valence-corrected chi connectivity index (χ0v) is 14.4. The minimum Gasteiger partial charge on any atom is -0.447 e. The zero-order valence-electron chi connectivity index (χ0n) is 14.4. The Morgan fingerprint density at radius 1 is 0.667 bits per heavy atom. The summed E-state index contributed by atoms with van der Waals surface area (Å²) in [7, 11) is 0. The van der Waals surface area contributed by atoms with Crippen LogP contribution < -0.4 is 49.6 Å². The molecule has 0 atom stereocenters. The van der Waals surface area contributed by atoms with Crippen LogP contribution in [0.4, 0.5) is 0 Å². The molecule has 0 heterocycles. The van der Waals surface area contributed by atoms with Gasteiger partial charge in [0, 0.05) is 17.2 Å². The second-order valence-electron chi connectivity index (χ2n) is 5.94. The van der Waals surface area contributed by atoms with Crippen molar-refractivity contribution in [2.75, 3.05) is 0 Å². The van der Waals surface area contributed by atoms with Gasteiger partial charge in [-0.2, -0.15) is 0 Å². The van der Waals surface area contributed by atoms with Crippen LogP contribution in [0.3, 0.4) is 0 Å². The van der Waals surface area contributed by atoms with E-state index >= 15 is 0 Å². The quantitative estimate of drug-likeness (QED) is 0.152. The van der Waals surface area contributed by atoms with E-state index in [0.29, 0.717) is 22.6 Å². The molecule has 10 nitrogen and oxygen atoms in total. The van der Waals surface area contributed by atoms with Crippen LogP contribution in [0.15, 0.2) is 48.5 Å². The third-order valence-corrected chi connectivity index (χ3v) is 3.39. The van der Waals surface area contributed by atoms with Gasteiger partial charge in [-0.25, -0.2) is 0 Å². The van der Waals surface area contributed by atoms with Crippen molar-refractivity contribution in [3.05, 3.63) is 59.7 Å². The molecule has 0 saturated carbocycles. The highest BCUT2D eigenvalue weighted by molar-refractivity contribution is 5.47. The minimum absolute atomic E-state index is 0.309. The van der Waals surface area contributed by atoms with E-state index in [4.69, 9.17) is 49.6 Å². The molecule has 0 radical (unpaired) electrons. The fraction of sp³-hybridized carbons (Fsp3) is 0.176. The van der Waals surface area contributed by atoms with Crippen LogP contribution in [0.1, 0.15) is 11.1 Å². The van der Waals surface area contributed by atoms with Gasteiger partial charge in [-0.05, 0) is 30.2 Å². The number of aliphatic hydroxyl groups is 1. The SMILES string of the molecule is NC#CC(O)(c1ccc(OC(N)(N)N)cc1)c1ccc(OC(N)(N)N)cc1. The number of hydrogen-bond acceptors (Lipinski definition) is 10. The van der Waals surface area contributed by atoms with Crippen LogP contribution in [0.25, 0.3) is 0 Å². The molecule has 10 heteroatoms. The van der Waals surface area contributed by atoms with Crippen LogP contribution in [-0.4, -0.2) is 17.1 Å². The topological polar surface area (TPSA) is 221 Å². The maximum absolute atomic E-state index is 11.1. The highest BCUT2D eigenvalue weighted by Gasteiger charge is 2.30. The molecule has 0 bridgehead atoms. The van der Waals surface area contributed by atoms with Gasteiger partial charge in [0.25, 0.3) is 11.9 Å². The summed E-state index contributed by atoms with van der Waals surface area (Å²) >= 11 is 0. The second-order valence-corrected chi connectivity index (χ2v) is 5.94. The summed E-state index contributed by atoms with van der Waals surface area (Å²) in [6, 6.07) is 14.6. The summed E-state index contributed by atoms with van der Waals surface area (Å²) in [6.07, 6.45) is 0. The van der Waals surface area contributed by atoms with Crippen molar-refractivity contribution >= 4 is 0 Å². The average Bonchev–Trinajstić information content (AvgIpc) is 2.53. The van der Waals surface area contributed by atoms with Gasteiger partial charge in [-0.15, -0.1) is 0 Å². The first-order valence-corrected chi connectivity index (χ1v) is 7.70. The summed E-state index contributed by atoms with van der Waals surface area (Å²) < 4.78 is 10.3. The van der Waals surface area contributed by atoms with Crippen LogP contribution in [0.2, 0.25) is 0 Å². The van der Waals surface area contributed by atoms with Gasteiger partial charge >= 0.3 is 0 Å². The number of hydrogen-bond donors (Lipinski definition) is 8. The Labute approximate surface area is 156 Å². The van der Waals surface area contributed by atoms with E-state index in [1.807, 2.05) is 0 Å². The lowest BCUT2D eigenvalue weighted by atomic mass is 9.87. The van der Waals surface area contributed by atoms with Crippen LogP contribution in [0, 0.1) is 12.0 Å². The van der Waals surface area contributed by atoms with Crippen LogP contribution >= 0.6 is 0 Å². The molecule has 2 aromatic carbocycles. The molecule has 27 heavy (non-hydrogen) atoms. The molecule has 0 aliphatic heterocycles. The molecule has 0 aliphatic rings. The Bertz CT molecular complexity index is 769. The summed E-state index contributed by atoms with van der Waals surface area (Å²) in [5, 5.41) is 11.1. The Hall–Kier alpha value is -2.88. The lowest BCUT2D eigenvalue weighted by molar-refractivity contribution is 0.0896. The van der Waals surface area contributed by atoms with Gasteiger partial charge in [-0.3, -0.25) is 34.4 Å². The van der Waals surface area contributed by atoms with Crippen molar-refractivity contribution in [3.63, 3.8) is 0 Å². The molecule has 2 rings (SSSR count). The third-order valence-electron chi connectivity index (χ3n) is 3.39. The lowest BCUT2D eigenvalue weighted by Gasteiger charge is -2.25. The second kappa shape index (κ2) is 7.39. The maximum atomic E-state index is 11.1. The minimum atomic E-state index is -1.82. The molecular formula is C17H23N7O3. The number of nitrogens with two attached hydrogens (primary N) is 7. The predicted octanol–water partition coefficient (Wildman–Crippen LogP) is -2.43. The molecule has 0 aliphatic carbocycles. The van der Waals surface area contributed by atoms with E-state index in [1.54, 1.807) is 24.3 Å². The molecule has 0 amide bonds. The fourth-order valence-electron chi connectivity index (χ4n) is 2.35. The molecule has 0 aromatic heterocycles. The maximum Gasteiger partial charge on any atom is 0.271 e. The molecule has 0 unspecified atom stereocenters. The van der Waals surface area contributed by atoms with Crippen molar-refractivity contribution in [3.8, 4) is 23.5 Å². The first-order chi connectivity index (χ1) is 12.4. The van der Waals surface area contributed by atoms with Gasteiger partial charge < -0.3 is 20.3 Å². The van der Waals surface area contributed by atoms with Gasteiger partial charge in [0.05, 0.1) is 0 Å². The van der Waals surface area contributed by atoms with Gasteiger partial charge in [-0.1, -0.05) is 24.3 Å². The molecule has 144 valence electrons. The largest absolute Gasteiger partial charge is 0.447 e. The summed E-state index contributed by atoms with van der Waals surface area (Å²) in [5.74, 6) is -0.451. The summed E-state index contributed by atoms with van der Waals surface area (Å²) in [5.41, 5.74) is 36.8. The van der Waals surface area contributed by atoms with Crippen molar-refractivity contribution in [2.24, 2.45) is 40.1 Å². The zero-order chi connectivity index (χ0) is 20.3. The highest BCUT2D eigenvalue weighted by Crippen LogP contribution is 2.31. The van der Waals surface area contributed by atoms with Crippen LogP contribution in [0.5, 0.6) is 11.5 Å². The van der Waals surface area contributed by atoms with E-state index in [2.05, 4.69) is 12.0 Å². The fourth-order valence-corrected chi connectivity index (χ4v) is 2.35. The van der Waals surface area contributed by atoms with Gasteiger partial charge in [0.2, 0.25) is 0 Å². The lowest BCUT2D eigenvalue weighted by Crippen LogP contribution is -2.62. The molecule has 2 aromatic rings. The van der Waals surface area contributed by atoms with E-state index < -0.39 is 17.5 Å². The first kappa shape index (κ1) is 20.4. The number of ether oxygens (including phenoxy) is 2. The van der Waals surface area contributed by atoms with Crippen LogP contribution in [-0.2, 0) is 5.60 Å². The summed E-state index contributed by atoms with van der Waals surface area (Å²) in [4.78, 5) is 0. The molecule has 0 fully saturated rings. The van der Waals surface area contributed by atoms with Crippen molar-refractivity contribution in [2.45, 2.75) is 17.5 Å². The van der Waals surface area contributed by atoms with E-state index in [9.17, 15) is 5.11 Å². The predicted molar refractivity (Wildman–Crippen MR) is 99.7 cm³/mol. The third kappa shape index (κ3) is 5.55. The summed E-state index contributed by atoms with van der Waals surface area (Å²) in [6.45, 7) is 0. The number of rotatable bonds is 6. The van der Waals surface area contributed by atoms with E-state index in [0.717, 1.165) is 0 Å². The molecule has 15 N–H and O–H groups in total. The first-order valence-electron chi connectivity index (χ1n) is 7.70. The smallest absolute Gasteiger partial charge is 0.271 e. The molecular weight excluding hydrogens is 350 g/mol. The van der Waals surface area contributed by atoms with Gasteiger partial charge in [0.1, 0.15) is 11.5 Å². The van der Waals surface area contributed by atoms with E-state index in [-0.39, 0.29) is 0 Å². The molecule has 0 spiro atoms. The van der Waals surface area contributed by atoms with Gasteiger partial charge in [0.15, 0.2) is 5.60 Å². The normalized spacial score (nSPS) is 12.1. The molecule has 0 saturated heterocycles. The van der Waals surface area contributed by atoms with Crippen molar-refractivity contribution in [1.82, 2.24) is 0 Å². The Morgan fingerprint density at radius 2 is 1.00 bits per heavy atom. The Morgan fingerprint density at radius 3 is 1.26 bits per heavy atom. The van der Waals surface area contributed by atoms with Crippen molar-refractivity contribution in [1.29, 1.82) is 0 Å². The highest BCUT2D eigenvalue weighted by atomic mass is 16.5. The number of benzene rings is 2. The monoisotopic (exact) mass is 373 g/mol. The standard InChI is InChI=1S/C17H23N7O3/c18-10-9-15(25,11-1-5-13(6-2-11)26-16(19,20)21)12-3-7-14(8-4-12)27-17(22,23)24/h1-8,25H,18-24H2. The van der Waals surface area contributed by atoms with E-state index in [1.165, 1.54) is 24.3 Å². The average molecular weight is 373 g/mol. The Balaban J connectivity index is 2.35. The van der Waals surface area contributed by atoms with Crippen molar-refractivity contribution < 1.29 is 14.6 Å².